The molecular formula is C18H23FN2O. The number of likely N-dealkylation sites (tertiary alicyclic amines) is 1. The Balaban J connectivity index is 1.48. The van der Waals surface area contributed by atoms with Gasteiger partial charge in [0.25, 0.3) is 0 Å². The zero-order valence-corrected chi connectivity index (χ0v) is 12.9. The summed E-state index contributed by atoms with van der Waals surface area (Å²) in [6.07, 6.45) is 5.16. The van der Waals surface area contributed by atoms with Crippen LogP contribution in [0.2, 0.25) is 0 Å². The van der Waals surface area contributed by atoms with Crippen molar-refractivity contribution in [2.45, 2.75) is 37.5 Å². The fourth-order valence-electron chi connectivity index (χ4n) is 4.25. The van der Waals surface area contributed by atoms with Crippen molar-refractivity contribution in [3.63, 3.8) is 0 Å². The molecule has 1 spiro atoms. The summed E-state index contributed by atoms with van der Waals surface area (Å²) in [5, 5.41) is 3.46. The number of hydrogen-bond acceptors (Lipinski definition) is 2. The summed E-state index contributed by atoms with van der Waals surface area (Å²) in [5.41, 5.74) is 0.854. The van der Waals surface area contributed by atoms with Gasteiger partial charge in [-0.25, -0.2) is 4.39 Å². The van der Waals surface area contributed by atoms with Crippen LogP contribution in [0.25, 0.3) is 0 Å². The van der Waals surface area contributed by atoms with Crippen LogP contribution in [-0.2, 0) is 10.2 Å². The highest BCUT2D eigenvalue weighted by atomic mass is 19.1. The molecular weight excluding hydrogens is 279 g/mol. The van der Waals surface area contributed by atoms with Crippen LogP contribution < -0.4 is 5.32 Å². The van der Waals surface area contributed by atoms with Gasteiger partial charge < -0.3 is 10.2 Å². The minimum Gasteiger partial charge on any atom is -0.342 e. The molecule has 2 saturated heterocycles. The van der Waals surface area contributed by atoms with E-state index >= 15 is 0 Å². The first-order chi connectivity index (χ1) is 10.6. The molecule has 0 unspecified atom stereocenters. The maximum atomic E-state index is 13.5. The largest absolute Gasteiger partial charge is 0.342 e. The Morgan fingerprint density at radius 3 is 2.50 bits per heavy atom. The molecule has 0 radical (unpaired) electrons. The van der Waals surface area contributed by atoms with Crippen molar-refractivity contribution in [1.82, 2.24) is 10.2 Å². The summed E-state index contributed by atoms with van der Waals surface area (Å²) in [5.74, 6) is -0.0230. The summed E-state index contributed by atoms with van der Waals surface area (Å²) >= 11 is 0. The molecule has 0 aromatic heterocycles. The van der Waals surface area contributed by atoms with Crippen LogP contribution in [0.1, 0.15) is 37.7 Å². The Morgan fingerprint density at radius 1 is 1.14 bits per heavy atom. The molecule has 1 saturated carbocycles. The Hall–Kier alpha value is -1.42. The van der Waals surface area contributed by atoms with Crippen LogP contribution in [0.15, 0.2) is 24.3 Å². The summed E-state index contributed by atoms with van der Waals surface area (Å²) in [6, 6.07) is 6.60. The van der Waals surface area contributed by atoms with Gasteiger partial charge in [0.2, 0.25) is 5.91 Å². The number of hydrogen-bond donors (Lipinski definition) is 1. The molecule has 1 N–H and O–H groups in total. The number of piperidine rings is 1. The lowest BCUT2D eigenvalue weighted by Crippen LogP contribution is -2.47. The molecule has 0 bridgehead atoms. The molecule has 0 atom stereocenters. The molecule has 4 rings (SSSR count). The quantitative estimate of drug-likeness (QED) is 0.910. The van der Waals surface area contributed by atoms with Gasteiger partial charge in [-0.15, -0.1) is 0 Å². The number of carbonyl (C=O) groups is 1. The second-order valence-corrected chi connectivity index (χ2v) is 7.31. The highest BCUT2D eigenvalue weighted by Gasteiger charge is 2.54. The average molecular weight is 302 g/mol. The topological polar surface area (TPSA) is 32.3 Å². The van der Waals surface area contributed by atoms with Gasteiger partial charge in [0.05, 0.1) is 5.41 Å². The number of rotatable bonds is 2. The number of nitrogens with one attached hydrogen (secondary N) is 1. The molecule has 1 aromatic rings. The van der Waals surface area contributed by atoms with E-state index in [1.165, 1.54) is 18.6 Å². The summed E-state index contributed by atoms with van der Waals surface area (Å²) in [4.78, 5) is 15.0. The van der Waals surface area contributed by atoms with Crippen LogP contribution in [-0.4, -0.2) is 37.0 Å². The van der Waals surface area contributed by atoms with Crippen molar-refractivity contribution in [1.29, 1.82) is 0 Å². The molecule has 4 heteroatoms. The van der Waals surface area contributed by atoms with Gasteiger partial charge in [-0.2, -0.15) is 0 Å². The highest BCUT2D eigenvalue weighted by molar-refractivity contribution is 5.91. The Labute approximate surface area is 130 Å². The monoisotopic (exact) mass is 302 g/mol. The Kier molecular flexibility index (Phi) is 3.26. The van der Waals surface area contributed by atoms with Crippen molar-refractivity contribution < 1.29 is 9.18 Å². The first-order valence-electron chi connectivity index (χ1n) is 8.40. The van der Waals surface area contributed by atoms with E-state index in [-0.39, 0.29) is 11.7 Å². The third kappa shape index (κ3) is 2.24. The summed E-state index contributed by atoms with van der Waals surface area (Å²) in [6.45, 7) is 3.93. The SMILES string of the molecule is O=C(N1CCC2(CCNC2)CC1)C1(c2cccc(F)c2)CC1. The molecule has 3 nitrogen and oxygen atoms in total. The highest BCUT2D eigenvalue weighted by Crippen LogP contribution is 2.50. The smallest absolute Gasteiger partial charge is 0.233 e. The maximum Gasteiger partial charge on any atom is 0.233 e. The van der Waals surface area contributed by atoms with Gasteiger partial charge in [-0.3, -0.25) is 4.79 Å². The number of halogens is 1. The van der Waals surface area contributed by atoms with Crippen LogP contribution >= 0.6 is 0 Å². The average Bonchev–Trinajstić information content (AvgIpc) is 3.24. The zero-order chi connectivity index (χ0) is 15.2. The maximum absolute atomic E-state index is 13.5. The minimum atomic E-state index is -0.430. The van der Waals surface area contributed by atoms with Crippen molar-refractivity contribution in [2.24, 2.45) is 5.41 Å². The van der Waals surface area contributed by atoms with Crippen molar-refractivity contribution in [3.8, 4) is 0 Å². The standard InChI is InChI=1S/C18H23FN2O/c19-15-3-1-2-14(12-15)18(4-5-18)16(22)21-10-7-17(8-11-21)6-9-20-13-17/h1-3,12,20H,4-11,13H2. The molecule has 3 fully saturated rings. The van der Waals surface area contributed by atoms with E-state index in [0.29, 0.717) is 5.41 Å². The lowest BCUT2D eigenvalue weighted by atomic mass is 9.77. The van der Waals surface area contributed by atoms with Crippen LogP contribution in [0.3, 0.4) is 0 Å². The molecule has 1 aliphatic carbocycles. The Morgan fingerprint density at radius 2 is 1.91 bits per heavy atom. The van der Waals surface area contributed by atoms with E-state index in [1.54, 1.807) is 6.07 Å². The van der Waals surface area contributed by atoms with Crippen molar-refractivity contribution in [2.75, 3.05) is 26.2 Å². The number of benzene rings is 1. The molecule has 2 heterocycles. The normalized spacial score (nSPS) is 25.4. The fourth-order valence-corrected chi connectivity index (χ4v) is 4.25. The van der Waals surface area contributed by atoms with Gasteiger partial charge >= 0.3 is 0 Å². The van der Waals surface area contributed by atoms with E-state index in [0.717, 1.165) is 57.4 Å². The summed E-state index contributed by atoms with van der Waals surface area (Å²) in [7, 11) is 0. The number of carbonyl (C=O) groups excluding carboxylic acids is 1. The first kappa shape index (κ1) is 14.2. The first-order valence-corrected chi connectivity index (χ1v) is 8.40. The predicted octanol–water partition coefficient (Wildman–Crippen LogP) is 2.46. The lowest BCUT2D eigenvalue weighted by molar-refractivity contribution is -0.136. The molecule has 1 amide bonds. The van der Waals surface area contributed by atoms with Gasteiger partial charge in [0.15, 0.2) is 0 Å². The predicted molar refractivity (Wildman–Crippen MR) is 83.0 cm³/mol. The third-order valence-corrected chi connectivity index (χ3v) is 5.98. The molecule has 1 aromatic carbocycles. The van der Waals surface area contributed by atoms with Gasteiger partial charge in [0, 0.05) is 19.6 Å². The molecule has 118 valence electrons. The number of amides is 1. The van der Waals surface area contributed by atoms with Crippen LogP contribution in [0, 0.1) is 11.2 Å². The Bertz CT molecular complexity index is 581. The minimum absolute atomic E-state index is 0.221. The van der Waals surface area contributed by atoms with E-state index in [9.17, 15) is 9.18 Å². The lowest BCUT2D eigenvalue weighted by Gasteiger charge is -2.40. The molecule has 2 aliphatic heterocycles. The number of nitrogens with zero attached hydrogens (tertiary/aromatic N) is 1. The van der Waals surface area contributed by atoms with E-state index in [2.05, 4.69) is 5.32 Å². The van der Waals surface area contributed by atoms with Crippen LogP contribution in [0.4, 0.5) is 4.39 Å². The van der Waals surface area contributed by atoms with Gasteiger partial charge in [-0.1, -0.05) is 12.1 Å². The molecule has 3 aliphatic rings. The van der Waals surface area contributed by atoms with E-state index in [4.69, 9.17) is 0 Å². The van der Waals surface area contributed by atoms with Gasteiger partial charge in [-0.05, 0) is 61.8 Å². The third-order valence-electron chi connectivity index (χ3n) is 5.98. The van der Waals surface area contributed by atoms with E-state index < -0.39 is 5.41 Å². The second kappa shape index (κ2) is 5.05. The molecule has 22 heavy (non-hydrogen) atoms. The van der Waals surface area contributed by atoms with Crippen molar-refractivity contribution >= 4 is 5.91 Å². The summed E-state index contributed by atoms with van der Waals surface area (Å²) < 4.78 is 13.5. The van der Waals surface area contributed by atoms with Crippen LogP contribution in [0.5, 0.6) is 0 Å². The van der Waals surface area contributed by atoms with Crippen molar-refractivity contribution in [3.05, 3.63) is 35.6 Å². The van der Waals surface area contributed by atoms with E-state index in [1.807, 2.05) is 11.0 Å². The zero-order valence-electron chi connectivity index (χ0n) is 12.9. The van der Waals surface area contributed by atoms with Gasteiger partial charge in [0.1, 0.15) is 5.82 Å². The fraction of sp³-hybridized carbons (Fsp3) is 0.611. The second-order valence-electron chi connectivity index (χ2n) is 7.31.